The highest BCUT2D eigenvalue weighted by atomic mass is 35.5. The van der Waals surface area contributed by atoms with Crippen LogP contribution in [0.4, 0.5) is 0 Å². The number of esters is 1. The molecule has 6 rings (SSSR count). The molecule has 1 aliphatic rings. The molecule has 0 saturated heterocycles. The van der Waals surface area contributed by atoms with Gasteiger partial charge in [-0.3, -0.25) is 9.59 Å². The van der Waals surface area contributed by atoms with Crippen LogP contribution in [0.2, 0.25) is 5.02 Å². The van der Waals surface area contributed by atoms with Gasteiger partial charge in [0, 0.05) is 22.7 Å². The van der Waals surface area contributed by atoms with Gasteiger partial charge in [-0.05, 0) is 99.5 Å². The second-order valence-corrected chi connectivity index (χ2v) is 13.2. The number of nitrogens with one attached hydrogen (secondary N) is 2. The van der Waals surface area contributed by atoms with E-state index in [0.29, 0.717) is 39.8 Å². The zero-order chi connectivity index (χ0) is 36.5. The van der Waals surface area contributed by atoms with Crippen molar-refractivity contribution in [3.05, 3.63) is 107 Å². The summed E-state index contributed by atoms with van der Waals surface area (Å²) >= 11 is 5.91. The lowest BCUT2D eigenvalue weighted by molar-refractivity contribution is -0.150. The molecule has 5 aromatic rings. The standard InChI is InChI=1S/C18H16ClNO5.C18H18N2O5S/c1-3-22-17(21)11(2)23-13-5-7-14(8-6-13)24-18-20-15-9-4-12(19)10-16(15)25-18;1-25-16-5-3-2-4-15(16)18(22)20-26(23,24)14-10-6-12(7-11-14)17(21)19-13-8-9-13/h4-11H,3H2,1-2H3;2-7,10-11,13H,8-9H2,1H3,(H,19,21)(H,20,22)/t11-;/m1./s1. The van der Waals surface area contributed by atoms with Gasteiger partial charge >= 0.3 is 12.0 Å². The average Bonchev–Trinajstić information content (AvgIpc) is 3.85. The Labute approximate surface area is 298 Å². The van der Waals surface area contributed by atoms with Crippen molar-refractivity contribution in [2.24, 2.45) is 0 Å². The van der Waals surface area contributed by atoms with Crippen LogP contribution in [-0.2, 0) is 19.6 Å². The van der Waals surface area contributed by atoms with Gasteiger partial charge in [-0.25, -0.2) is 17.9 Å². The normalized spacial score (nSPS) is 12.9. The van der Waals surface area contributed by atoms with E-state index in [4.69, 9.17) is 35.0 Å². The largest absolute Gasteiger partial charge is 0.496 e. The van der Waals surface area contributed by atoms with Crippen molar-refractivity contribution < 1.29 is 46.2 Å². The van der Waals surface area contributed by atoms with E-state index < -0.39 is 28.0 Å². The molecule has 266 valence electrons. The summed E-state index contributed by atoms with van der Waals surface area (Å²) < 4.78 is 53.4. The van der Waals surface area contributed by atoms with Crippen LogP contribution < -0.4 is 24.2 Å². The number of amides is 2. The number of para-hydroxylation sites is 1. The van der Waals surface area contributed by atoms with Crippen molar-refractivity contribution in [2.45, 2.75) is 43.7 Å². The molecule has 0 spiro atoms. The fourth-order valence-electron chi connectivity index (χ4n) is 4.47. The Kier molecular flexibility index (Phi) is 11.8. The Hall–Kier alpha value is -5.60. The third kappa shape index (κ3) is 9.99. The fourth-order valence-corrected chi connectivity index (χ4v) is 5.60. The van der Waals surface area contributed by atoms with Gasteiger partial charge in [0.25, 0.3) is 21.8 Å². The number of sulfonamides is 1. The second kappa shape index (κ2) is 16.4. The Morgan fingerprint density at radius 2 is 1.63 bits per heavy atom. The molecule has 1 heterocycles. The predicted octanol–water partition coefficient (Wildman–Crippen LogP) is 6.31. The number of nitrogens with zero attached hydrogens (tertiary/aromatic N) is 1. The minimum absolute atomic E-state index is 0.108. The van der Waals surface area contributed by atoms with Gasteiger partial charge in [-0.2, -0.15) is 4.98 Å². The van der Waals surface area contributed by atoms with E-state index in [1.165, 1.54) is 37.4 Å². The van der Waals surface area contributed by atoms with Crippen molar-refractivity contribution in [1.82, 2.24) is 15.0 Å². The molecular weight excluding hydrogens is 702 g/mol. The third-order valence-electron chi connectivity index (χ3n) is 7.21. The Bertz CT molecular complexity index is 2120. The van der Waals surface area contributed by atoms with Gasteiger partial charge in [-0.15, -0.1) is 0 Å². The highest BCUT2D eigenvalue weighted by Gasteiger charge is 2.25. The number of carbonyl (C=O) groups excluding carboxylic acids is 3. The maximum atomic E-state index is 12.4. The van der Waals surface area contributed by atoms with Gasteiger partial charge in [0.15, 0.2) is 11.7 Å². The van der Waals surface area contributed by atoms with Gasteiger partial charge < -0.3 is 28.7 Å². The molecule has 0 bridgehead atoms. The number of hydrogen-bond donors (Lipinski definition) is 2. The van der Waals surface area contributed by atoms with Crippen molar-refractivity contribution >= 4 is 50.5 Å². The highest BCUT2D eigenvalue weighted by Crippen LogP contribution is 2.28. The van der Waals surface area contributed by atoms with Gasteiger partial charge in [0.05, 0.1) is 24.2 Å². The molecule has 51 heavy (non-hydrogen) atoms. The summed E-state index contributed by atoms with van der Waals surface area (Å²) in [7, 11) is -2.68. The molecule has 1 atom stereocenters. The van der Waals surface area contributed by atoms with E-state index in [1.807, 2.05) is 4.72 Å². The summed E-state index contributed by atoms with van der Waals surface area (Å²) in [6.45, 7) is 3.69. The van der Waals surface area contributed by atoms with Crippen LogP contribution >= 0.6 is 11.6 Å². The smallest absolute Gasteiger partial charge is 0.400 e. The summed E-state index contributed by atoms with van der Waals surface area (Å²) in [5.74, 6) is -0.126. The molecule has 2 amide bonds. The Balaban J connectivity index is 0.000000198. The van der Waals surface area contributed by atoms with Crippen molar-refractivity contribution in [1.29, 1.82) is 0 Å². The minimum Gasteiger partial charge on any atom is -0.496 e. The number of rotatable bonds is 12. The molecule has 2 N–H and O–H groups in total. The van der Waals surface area contributed by atoms with Crippen LogP contribution in [0.5, 0.6) is 23.3 Å². The number of carbonyl (C=O) groups is 3. The van der Waals surface area contributed by atoms with Crippen molar-refractivity contribution in [3.8, 4) is 23.3 Å². The van der Waals surface area contributed by atoms with E-state index in [0.717, 1.165) is 12.8 Å². The van der Waals surface area contributed by atoms with Gasteiger partial charge in [0.1, 0.15) is 22.8 Å². The maximum absolute atomic E-state index is 12.4. The predicted molar refractivity (Wildman–Crippen MR) is 187 cm³/mol. The van der Waals surface area contributed by atoms with Crippen LogP contribution in [0.3, 0.4) is 0 Å². The molecular formula is C36H34ClN3O10S. The molecule has 15 heteroatoms. The van der Waals surface area contributed by atoms with Gasteiger partial charge in [0.2, 0.25) is 0 Å². The van der Waals surface area contributed by atoms with Crippen LogP contribution in [0.1, 0.15) is 47.4 Å². The van der Waals surface area contributed by atoms with E-state index in [9.17, 15) is 22.8 Å². The average molecular weight is 736 g/mol. The lowest BCUT2D eigenvalue weighted by Gasteiger charge is -2.13. The summed E-state index contributed by atoms with van der Waals surface area (Å²) in [5, 5.41) is 3.39. The molecule has 1 saturated carbocycles. The van der Waals surface area contributed by atoms with Crippen molar-refractivity contribution in [3.63, 3.8) is 0 Å². The lowest BCUT2D eigenvalue weighted by Crippen LogP contribution is -2.31. The topological polar surface area (TPSA) is 172 Å². The molecule has 1 fully saturated rings. The summed E-state index contributed by atoms with van der Waals surface area (Å²) in [4.78, 5) is 39.9. The monoisotopic (exact) mass is 735 g/mol. The number of methoxy groups -OCH3 is 1. The molecule has 0 aliphatic heterocycles. The van der Waals surface area contributed by atoms with Crippen LogP contribution in [-0.4, -0.2) is 57.0 Å². The first-order valence-corrected chi connectivity index (χ1v) is 17.6. The maximum Gasteiger partial charge on any atom is 0.400 e. The van der Waals surface area contributed by atoms with Crippen LogP contribution in [0.15, 0.2) is 100 Å². The number of aromatic nitrogens is 1. The molecule has 4 aromatic carbocycles. The first kappa shape index (κ1) is 36.7. The molecule has 13 nitrogen and oxygen atoms in total. The Morgan fingerprint density at radius 1 is 0.941 bits per heavy atom. The zero-order valence-corrected chi connectivity index (χ0v) is 29.3. The molecule has 0 radical (unpaired) electrons. The van der Waals surface area contributed by atoms with E-state index in [-0.39, 0.29) is 34.2 Å². The molecule has 1 aromatic heterocycles. The molecule has 1 aliphatic carbocycles. The minimum atomic E-state index is -4.07. The zero-order valence-electron chi connectivity index (χ0n) is 27.8. The second-order valence-electron chi connectivity index (χ2n) is 11.1. The number of fused-ring (bicyclic) bond motifs is 1. The number of benzene rings is 4. The summed E-state index contributed by atoms with van der Waals surface area (Å²) in [5.41, 5.74) is 1.68. The van der Waals surface area contributed by atoms with Crippen LogP contribution in [0.25, 0.3) is 11.1 Å². The fraction of sp³-hybridized carbons (Fsp3) is 0.222. The number of hydrogen-bond acceptors (Lipinski definition) is 11. The number of oxazole rings is 1. The molecule has 0 unspecified atom stereocenters. The van der Waals surface area contributed by atoms with Gasteiger partial charge in [-0.1, -0.05) is 23.7 Å². The Morgan fingerprint density at radius 3 is 2.29 bits per heavy atom. The summed E-state index contributed by atoms with van der Waals surface area (Å²) in [6, 6.07) is 23.8. The SMILES string of the molecule is CCOC(=O)[C@@H](C)Oc1ccc(Oc2nc3ccc(Cl)cc3o2)cc1.COc1ccccc1C(=O)NS(=O)(=O)c1ccc(C(=O)NC2CC2)cc1. The lowest BCUT2D eigenvalue weighted by atomic mass is 10.2. The van der Waals surface area contributed by atoms with Crippen molar-refractivity contribution in [2.75, 3.05) is 13.7 Å². The van der Waals surface area contributed by atoms with E-state index in [2.05, 4.69) is 10.3 Å². The number of halogens is 1. The first-order chi connectivity index (χ1) is 24.4. The van der Waals surface area contributed by atoms with Crippen LogP contribution in [0, 0.1) is 0 Å². The summed E-state index contributed by atoms with van der Waals surface area (Å²) in [6.07, 6.45) is 1.36. The quantitative estimate of drug-likeness (QED) is 0.138. The third-order valence-corrected chi connectivity index (χ3v) is 8.79. The number of ether oxygens (including phenoxy) is 4. The highest BCUT2D eigenvalue weighted by molar-refractivity contribution is 7.90. The van der Waals surface area contributed by atoms with E-state index >= 15 is 0 Å². The first-order valence-electron chi connectivity index (χ1n) is 15.7. The van der Waals surface area contributed by atoms with E-state index in [1.54, 1.807) is 74.5 Å².